The molecule has 2 saturated heterocycles. The fourth-order valence-corrected chi connectivity index (χ4v) is 4.01. The molecule has 11 nitrogen and oxygen atoms in total. The van der Waals surface area contributed by atoms with E-state index in [0.29, 0.717) is 56.2 Å². The van der Waals surface area contributed by atoms with Crippen LogP contribution in [0.5, 0.6) is 11.8 Å². The van der Waals surface area contributed by atoms with Gasteiger partial charge in [-0.15, -0.1) is 4.73 Å². The average Bonchev–Trinajstić information content (AvgIpc) is 3.16. The molecular weight excluding hydrogens is 432 g/mol. The van der Waals surface area contributed by atoms with Crippen LogP contribution in [-0.2, 0) is 16.0 Å². The van der Waals surface area contributed by atoms with Gasteiger partial charge in [0.1, 0.15) is 0 Å². The van der Waals surface area contributed by atoms with Crippen LogP contribution in [0.2, 0.25) is 0 Å². The van der Waals surface area contributed by atoms with Gasteiger partial charge < -0.3 is 34.3 Å². The lowest BCUT2D eigenvalue weighted by Crippen LogP contribution is -2.50. The Morgan fingerprint density at radius 1 is 0.970 bits per heavy atom. The smallest absolute Gasteiger partial charge is 0.434 e. The molecule has 2 aliphatic heterocycles. The number of hydrogen-bond donors (Lipinski definition) is 2. The number of hydrogen-bond acceptors (Lipinski definition) is 9. The minimum Gasteiger partial charge on any atom is -0.492 e. The predicted octanol–water partition coefficient (Wildman–Crippen LogP) is 0.889. The van der Waals surface area contributed by atoms with Crippen LogP contribution in [0.15, 0.2) is 30.3 Å². The maximum Gasteiger partial charge on any atom is 0.434 e. The van der Waals surface area contributed by atoms with Crippen LogP contribution < -0.4 is 9.74 Å². The number of aromatic nitrogens is 1. The van der Waals surface area contributed by atoms with E-state index in [1.54, 1.807) is 0 Å². The molecule has 1 aromatic carbocycles. The molecule has 178 valence electrons. The number of benzene rings is 1. The maximum atomic E-state index is 12.4. The lowest BCUT2D eigenvalue weighted by atomic mass is 10.1. The van der Waals surface area contributed by atoms with Crippen molar-refractivity contribution in [3.05, 3.63) is 41.5 Å². The lowest BCUT2D eigenvalue weighted by molar-refractivity contribution is 0.0553. The van der Waals surface area contributed by atoms with Crippen LogP contribution in [0.25, 0.3) is 0 Å². The minimum absolute atomic E-state index is 0.360. The fraction of sp³-hybridized carbons (Fsp3) is 0.455. The number of ether oxygens (including phenoxy) is 2. The Morgan fingerprint density at radius 3 is 2.27 bits per heavy atom. The van der Waals surface area contributed by atoms with Crippen molar-refractivity contribution in [2.45, 2.75) is 6.54 Å². The van der Waals surface area contributed by atoms with Gasteiger partial charge in [-0.05, 0) is 17.7 Å². The van der Waals surface area contributed by atoms with Gasteiger partial charge in [0.15, 0.2) is 0 Å². The molecule has 2 aromatic rings. The summed E-state index contributed by atoms with van der Waals surface area (Å²) in [5.41, 5.74) is 2.36. The van der Waals surface area contributed by atoms with Crippen LogP contribution in [0.4, 0.5) is 10.5 Å². The second kappa shape index (κ2) is 10.0. The highest BCUT2D eigenvalue weighted by Gasteiger charge is 2.25. The minimum atomic E-state index is -0.653. The highest BCUT2D eigenvalue weighted by molar-refractivity contribution is 5.96. The Balaban J connectivity index is 1.37. The van der Waals surface area contributed by atoms with Crippen molar-refractivity contribution < 1.29 is 34.1 Å². The van der Waals surface area contributed by atoms with Gasteiger partial charge in [0.25, 0.3) is 0 Å². The number of anilines is 1. The molecule has 0 saturated carbocycles. The third kappa shape index (κ3) is 5.15. The second-order valence-corrected chi connectivity index (χ2v) is 7.91. The Morgan fingerprint density at radius 2 is 1.64 bits per heavy atom. The van der Waals surface area contributed by atoms with Crippen LogP contribution in [0.3, 0.4) is 0 Å². The molecule has 0 aliphatic carbocycles. The molecule has 0 unspecified atom stereocenters. The Bertz CT molecular complexity index is 975. The summed E-state index contributed by atoms with van der Waals surface area (Å²) in [5, 5.41) is 19.2. The molecule has 4 rings (SSSR count). The third-order valence-electron chi connectivity index (χ3n) is 5.82. The van der Waals surface area contributed by atoms with Gasteiger partial charge in [-0.25, -0.2) is 9.59 Å². The predicted molar refractivity (Wildman–Crippen MR) is 117 cm³/mol. The zero-order valence-electron chi connectivity index (χ0n) is 18.5. The zero-order valence-corrected chi connectivity index (χ0v) is 18.5. The standard InChI is InChI=1S/C22H28N4O7/c1-31-21(29)17-14-16(2-3-18(17)24-10-12-32-13-11-24)15-23-6-8-25(9-7-23)22(30)33-26-19(27)4-5-20(26)28/h2-5,14,27-28H,6-13,15H2,1H3. The molecule has 2 fully saturated rings. The Labute approximate surface area is 191 Å². The summed E-state index contributed by atoms with van der Waals surface area (Å²) in [6, 6.07) is 8.29. The monoisotopic (exact) mass is 460 g/mol. The van der Waals surface area contributed by atoms with Crippen molar-refractivity contribution >= 4 is 17.7 Å². The van der Waals surface area contributed by atoms with E-state index >= 15 is 0 Å². The quantitative estimate of drug-likeness (QED) is 0.628. The normalized spacial score (nSPS) is 17.1. The number of esters is 1. The summed E-state index contributed by atoms with van der Waals surface area (Å²) in [6.45, 7) is 5.39. The number of aromatic hydroxyl groups is 2. The summed E-state index contributed by atoms with van der Waals surface area (Å²) in [4.78, 5) is 35.7. The molecular formula is C22H28N4O7. The lowest BCUT2D eigenvalue weighted by Gasteiger charge is -2.34. The summed E-state index contributed by atoms with van der Waals surface area (Å²) < 4.78 is 11.1. The van der Waals surface area contributed by atoms with Crippen molar-refractivity contribution in [1.82, 2.24) is 14.5 Å². The first kappa shape index (κ1) is 22.7. The molecule has 2 N–H and O–H groups in total. The number of piperazine rings is 1. The van der Waals surface area contributed by atoms with E-state index in [1.165, 1.54) is 24.1 Å². The van der Waals surface area contributed by atoms with Crippen molar-refractivity contribution in [2.75, 3.05) is 64.5 Å². The summed E-state index contributed by atoms with van der Waals surface area (Å²) in [5.74, 6) is -1.09. The van der Waals surface area contributed by atoms with Crippen molar-refractivity contribution in [1.29, 1.82) is 0 Å². The molecule has 0 atom stereocenters. The van der Waals surface area contributed by atoms with E-state index in [4.69, 9.17) is 14.3 Å². The van der Waals surface area contributed by atoms with E-state index in [-0.39, 0.29) is 17.7 Å². The van der Waals surface area contributed by atoms with Gasteiger partial charge in [0.2, 0.25) is 11.8 Å². The maximum absolute atomic E-state index is 12.4. The largest absolute Gasteiger partial charge is 0.492 e. The average molecular weight is 460 g/mol. The van der Waals surface area contributed by atoms with Gasteiger partial charge >= 0.3 is 12.1 Å². The molecule has 0 spiro atoms. The second-order valence-electron chi connectivity index (χ2n) is 7.91. The van der Waals surface area contributed by atoms with Gasteiger partial charge in [0, 0.05) is 57.9 Å². The van der Waals surface area contributed by atoms with Gasteiger partial charge in [0.05, 0.1) is 31.6 Å². The molecule has 1 amide bonds. The highest BCUT2D eigenvalue weighted by atomic mass is 16.7. The van der Waals surface area contributed by atoms with E-state index in [0.717, 1.165) is 24.3 Å². The third-order valence-corrected chi connectivity index (χ3v) is 5.82. The number of nitrogens with zero attached hydrogens (tertiary/aromatic N) is 4. The molecule has 0 bridgehead atoms. The Kier molecular flexibility index (Phi) is 6.90. The van der Waals surface area contributed by atoms with Crippen LogP contribution in [-0.4, -0.2) is 96.4 Å². The van der Waals surface area contributed by atoms with Gasteiger partial charge in [-0.3, -0.25) is 4.90 Å². The summed E-state index contributed by atoms with van der Waals surface area (Å²) in [6.07, 6.45) is -0.653. The van der Waals surface area contributed by atoms with E-state index < -0.39 is 6.09 Å². The molecule has 33 heavy (non-hydrogen) atoms. The van der Waals surface area contributed by atoms with Crippen molar-refractivity contribution in [3.8, 4) is 11.8 Å². The van der Waals surface area contributed by atoms with E-state index in [1.807, 2.05) is 18.2 Å². The van der Waals surface area contributed by atoms with Crippen LogP contribution >= 0.6 is 0 Å². The summed E-state index contributed by atoms with van der Waals surface area (Å²) in [7, 11) is 1.38. The number of rotatable bonds is 5. The molecule has 2 aliphatic rings. The number of morpholine rings is 1. The summed E-state index contributed by atoms with van der Waals surface area (Å²) >= 11 is 0. The topological polar surface area (TPSA) is 117 Å². The van der Waals surface area contributed by atoms with Gasteiger partial charge in [-0.1, -0.05) is 6.07 Å². The number of carbonyl (C=O) groups excluding carboxylic acids is 2. The SMILES string of the molecule is COC(=O)c1cc(CN2CCN(C(=O)On3c(O)ccc3O)CC2)ccc1N1CCOCC1. The first-order valence-electron chi connectivity index (χ1n) is 10.8. The first-order valence-corrected chi connectivity index (χ1v) is 10.8. The van der Waals surface area contributed by atoms with E-state index in [2.05, 4.69) is 9.80 Å². The zero-order chi connectivity index (χ0) is 23.4. The van der Waals surface area contributed by atoms with Crippen molar-refractivity contribution in [2.24, 2.45) is 0 Å². The van der Waals surface area contributed by atoms with Crippen LogP contribution in [0, 0.1) is 0 Å². The van der Waals surface area contributed by atoms with Gasteiger partial charge in [-0.2, -0.15) is 0 Å². The number of amides is 1. The molecule has 11 heteroatoms. The van der Waals surface area contributed by atoms with Crippen LogP contribution in [0.1, 0.15) is 15.9 Å². The highest BCUT2D eigenvalue weighted by Crippen LogP contribution is 2.25. The molecule has 3 heterocycles. The first-order chi connectivity index (χ1) is 16.0. The molecule has 1 aromatic heterocycles. The van der Waals surface area contributed by atoms with E-state index in [9.17, 15) is 19.8 Å². The molecule has 0 radical (unpaired) electrons. The fourth-order valence-electron chi connectivity index (χ4n) is 4.01. The van der Waals surface area contributed by atoms with Crippen molar-refractivity contribution in [3.63, 3.8) is 0 Å². The number of carbonyl (C=O) groups is 2. The Hall–Kier alpha value is -3.44. The number of methoxy groups -OCH3 is 1.